The second kappa shape index (κ2) is 8.49. The molecule has 5 heteroatoms. The van der Waals surface area contributed by atoms with E-state index in [1.165, 1.54) is 12.8 Å². The average Bonchev–Trinajstić information content (AvgIpc) is 3.04. The zero-order valence-corrected chi connectivity index (χ0v) is 12.5. The van der Waals surface area contributed by atoms with Crippen molar-refractivity contribution >= 4 is 12.3 Å². The van der Waals surface area contributed by atoms with Crippen molar-refractivity contribution in [2.75, 3.05) is 13.2 Å². The van der Waals surface area contributed by atoms with Crippen molar-refractivity contribution in [1.29, 1.82) is 0 Å². The minimum absolute atomic E-state index is 0.203. The number of fused-ring (bicyclic) bond motifs is 2. The molecule has 0 aliphatic carbocycles. The highest BCUT2D eigenvalue weighted by atomic mass is 16.5. The summed E-state index contributed by atoms with van der Waals surface area (Å²) in [5.41, 5.74) is 0. The van der Waals surface area contributed by atoms with Gasteiger partial charge in [-0.3, -0.25) is 0 Å². The van der Waals surface area contributed by atoms with Gasteiger partial charge in [0, 0.05) is 13.0 Å². The molecule has 5 nitrogen and oxygen atoms in total. The van der Waals surface area contributed by atoms with Crippen molar-refractivity contribution in [1.82, 2.24) is 0 Å². The molecule has 0 saturated carbocycles. The predicted octanol–water partition coefficient (Wildman–Crippen LogP) is 2.42. The highest BCUT2D eigenvalue weighted by molar-refractivity contribution is 5.67. The zero-order chi connectivity index (χ0) is 15.1. The van der Waals surface area contributed by atoms with E-state index in [2.05, 4.69) is 0 Å². The van der Waals surface area contributed by atoms with E-state index in [9.17, 15) is 9.59 Å². The fourth-order valence-corrected chi connectivity index (χ4v) is 3.85. The minimum Gasteiger partial charge on any atom is -0.480 e. The van der Waals surface area contributed by atoms with Crippen molar-refractivity contribution in [3.8, 4) is 0 Å². The van der Waals surface area contributed by atoms with Gasteiger partial charge in [-0.2, -0.15) is 0 Å². The molecule has 2 aliphatic rings. The van der Waals surface area contributed by atoms with Crippen LogP contribution < -0.4 is 0 Å². The van der Waals surface area contributed by atoms with Crippen molar-refractivity contribution < 1.29 is 24.2 Å². The van der Waals surface area contributed by atoms with E-state index in [-0.39, 0.29) is 6.61 Å². The summed E-state index contributed by atoms with van der Waals surface area (Å²) >= 11 is 0. The van der Waals surface area contributed by atoms with Crippen LogP contribution in [0.4, 0.5) is 0 Å². The Morgan fingerprint density at radius 2 is 1.81 bits per heavy atom. The Kier molecular flexibility index (Phi) is 6.64. The number of ether oxygens (including phenoxy) is 2. The molecular formula is C16H26O5. The number of aliphatic carboxylic acids is 1. The molecule has 120 valence electrons. The van der Waals surface area contributed by atoms with Crippen molar-refractivity contribution in [3.05, 3.63) is 0 Å². The lowest BCUT2D eigenvalue weighted by Crippen LogP contribution is -2.27. The van der Waals surface area contributed by atoms with E-state index in [0.717, 1.165) is 38.4 Å². The normalized spacial score (nSPS) is 30.7. The first-order chi connectivity index (χ1) is 10.2. The topological polar surface area (TPSA) is 72.8 Å². The van der Waals surface area contributed by atoms with Gasteiger partial charge in [0.2, 0.25) is 0 Å². The number of hydrogen-bond donors (Lipinski definition) is 1. The van der Waals surface area contributed by atoms with Gasteiger partial charge in [-0.25, -0.2) is 4.79 Å². The lowest BCUT2D eigenvalue weighted by atomic mass is 9.74. The summed E-state index contributed by atoms with van der Waals surface area (Å²) in [5.74, 6) is 0.324. The summed E-state index contributed by atoms with van der Waals surface area (Å²) in [4.78, 5) is 20.8. The van der Waals surface area contributed by atoms with E-state index in [4.69, 9.17) is 14.6 Å². The molecule has 4 atom stereocenters. The largest absolute Gasteiger partial charge is 0.480 e. The van der Waals surface area contributed by atoms with E-state index < -0.39 is 5.97 Å². The number of carbonyl (C=O) groups is 2. The Labute approximate surface area is 126 Å². The Morgan fingerprint density at radius 1 is 1.14 bits per heavy atom. The summed E-state index contributed by atoms with van der Waals surface area (Å²) in [5, 5.41) is 8.49. The summed E-state index contributed by atoms with van der Waals surface area (Å²) < 4.78 is 11.1. The first-order valence-corrected chi connectivity index (χ1v) is 8.11. The Bertz CT molecular complexity index is 344. The fourth-order valence-electron chi connectivity index (χ4n) is 3.85. The van der Waals surface area contributed by atoms with Crippen molar-refractivity contribution in [3.63, 3.8) is 0 Å². The number of rotatable bonds is 11. The van der Waals surface area contributed by atoms with Crippen LogP contribution in [0, 0.1) is 11.8 Å². The molecule has 2 heterocycles. The van der Waals surface area contributed by atoms with Crippen molar-refractivity contribution in [2.45, 2.75) is 63.6 Å². The Hall–Kier alpha value is -0.940. The van der Waals surface area contributed by atoms with Gasteiger partial charge in [0.05, 0.1) is 12.2 Å². The SMILES string of the molecule is O=CCCC[C@@H]1[C@H](CCCCOCC(=O)O)[C@@H]2CC[C@H]1O2. The number of carboxylic acid groups (broad SMARTS) is 1. The predicted molar refractivity (Wildman–Crippen MR) is 77.1 cm³/mol. The highest BCUT2D eigenvalue weighted by Crippen LogP contribution is 2.47. The second-order valence-electron chi connectivity index (χ2n) is 6.16. The summed E-state index contributed by atoms with van der Waals surface area (Å²) in [7, 11) is 0. The summed E-state index contributed by atoms with van der Waals surface area (Å²) in [6.45, 7) is 0.315. The molecule has 0 unspecified atom stereocenters. The van der Waals surface area contributed by atoms with Crippen LogP contribution in [0.1, 0.15) is 51.4 Å². The number of unbranched alkanes of at least 4 members (excludes halogenated alkanes) is 2. The van der Waals surface area contributed by atoms with E-state index in [1.54, 1.807) is 0 Å². The average molecular weight is 298 g/mol. The number of hydrogen-bond acceptors (Lipinski definition) is 4. The molecule has 2 bridgehead atoms. The maximum absolute atomic E-state index is 10.5. The third kappa shape index (κ3) is 4.78. The zero-order valence-electron chi connectivity index (χ0n) is 12.5. The fraction of sp³-hybridized carbons (Fsp3) is 0.875. The van der Waals surface area contributed by atoms with E-state index in [0.29, 0.717) is 37.1 Å². The van der Waals surface area contributed by atoms with E-state index >= 15 is 0 Å². The van der Waals surface area contributed by atoms with Gasteiger partial charge in [-0.1, -0.05) is 6.42 Å². The lowest BCUT2D eigenvalue weighted by molar-refractivity contribution is -0.142. The molecular weight excluding hydrogens is 272 g/mol. The molecule has 1 N–H and O–H groups in total. The van der Waals surface area contributed by atoms with Crippen LogP contribution in [0.3, 0.4) is 0 Å². The molecule has 0 aromatic rings. The summed E-state index contributed by atoms with van der Waals surface area (Å²) in [6.07, 6.45) is 9.99. The number of carboxylic acids is 1. The molecule has 0 aromatic heterocycles. The van der Waals surface area contributed by atoms with Gasteiger partial charge in [-0.05, 0) is 50.4 Å². The first kappa shape index (κ1) is 16.4. The lowest BCUT2D eigenvalue weighted by Gasteiger charge is -2.28. The van der Waals surface area contributed by atoms with Gasteiger partial charge in [0.25, 0.3) is 0 Å². The van der Waals surface area contributed by atoms with Crippen LogP contribution in [-0.4, -0.2) is 42.8 Å². The third-order valence-corrected chi connectivity index (χ3v) is 4.75. The van der Waals surface area contributed by atoms with E-state index in [1.807, 2.05) is 0 Å². The molecule has 2 rings (SSSR count). The molecule has 0 spiro atoms. The molecule has 0 radical (unpaired) electrons. The van der Waals surface area contributed by atoms with Gasteiger partial charge in [-0.15, -0.1) is 0 Å². The van der Waals surface area contributed by atoms with Crippen LogP contribution in [0.2, 0.25) is 0 Å². The van der Waals surface area contributed by atoms with Gasteiger partial charge < -0.3 is 19.4 Å². The maximum Gasteiger partial charge on any atom is 0.329 e. The first-order valence-electron chi connectivity index (χ1n) is 8.11. The molecule has 2 saturated heterocycles. The Balaban J connectivity index is 1.65. The standard InChI is InChI=1S/C16H26O5/c17-9-3-1-5-12-13(15-8-7-14(12)21-15)6-2-4-10-20-11-16(18)19/h9,12-15H,1-8,10-11H2,(H,18,19)/t12-,13+,14-,15+/m1/s1. The van der Waals surface area contributed by atoms with Crippen LogP contribution >= 0.6 is 0 Å². The molecule has 21 heavy (non-hydrogen) atoms. The van der Waals surface area contributed by atoms with Gasteiger partial charge in [0.15, 0.2) is 0 Å². The van der Waals surface area contributed by atoms with Crippen molar-refractivity contribution in [2.24, 2.45) is 11.8 Å². The number of carbonyl (C=O) groups excluding carboxylic acids is 1. The highest BCUT2D eigenvalue weighted by Gasteiger charge is 2.47. The van der Waals surface area contributed by atoms with Crippen LogP contribution in [0.5, 0.6) is 0 Å². The summed E-state index contributed by atoms with van der Waals surface area (Å²) in [6, 6.07) is 0. The molecule has 2 aliphatic heterocycles. The van der Waals surface area contributed by atoms with Crippen LogP contribution in [0.25, 0.3) is 0 Å². The van der Waals surface area contributed by atoms with Gasteiger partial charge in [0.1, 0.15) is 12.9 Å². The molecule has 0 amide bonds. The monoisotopic (exact) mass is 298 g/mol. The molecule has 2 fully saturated rings. The Morgan fingerprint density at radius 3 is 2.43 bits per heavy atom. The molecule has 0 aromatic carbocycles. The third-order valence-electron chi connectivity index (χ3n) is 4.75. The second-order valence-corrected chi connectivity index (χ2v) is 6.16. The number of aldehydes is 1. The quantitative estimate of drug-likeness (QED) is 0.468. The van der Waals surface area contributed by atoms with Crippen LogP contribution in [-0.2, 0) is 19.1 Å². The smallest absolute Gasteiger partial charge is 0.329 e. The van der Waals surface area contributed by atoms with Crippen LogP contribution in [0.15, 0.2) is 0 Å². The minimum atomic E-state index is -0.910. The van der Waals surface area contributed by atoms with Gasteiger partial charge >= 0.3 is 5.97 Å². The maximum atomic E-state index is 10.5.